The van der Waals surface area contributed by atoms with Gasteiger partial charge in [0.15, 0.2) is 0 Å². The minimum absolute atomic E-state index is 0.0664. The third-order valence-electron chi connectivity index (χ3n) is 6.04. The molecule has 0 saturated carbocycles. The summed E-state index contributed by atoms with van der Waals surface area (Å²) in [6, 6.07) is 11.2. The molecule has 0 spiro atoms. The van der Waals surface area contributed by atoms with Crippen LogP contribution < -0.4 is 10.3 Å². The molecular formula is C29H30F3N3O4. The van der Waals surface area contributed by atoms with Crippen LogP contribution in [0.4, 0.5) is 18.0 Å². The van der Waals surface area contributed by atoms with Gasteiger partial charge in [0.1, 0.15) is 18.0 Å². The lowest BCUT2D eigenvalue weighted by Gasteiger charge is -2.25. The molecule has 206 valence electrons. The number of allylic oxidation sites excluding steroid dienone is 1. The molecule has 7 nitrogen and oxygen atoms in total. The first-order chi connectivity index (χ1) is 18.3. The summed E-state index contributed by atoms with van der Waals surface area (Å²) in [5, 5.41) is 0. The molecule has 4 rings (SSSR count). The van der Waals surface area contributed by atoms with Crippen molar-refractivity contribution >= 4 is 17.9 Å². The Hall–Kier alpha value is -4.08. The molecule has 0 unspecified atom stereocenters. The van der Waals surface area contributed by atoms with E-state index in [9.17, 15) is 22.8 Å². The fourth-order valence-corrected chi connectivity index (χ4v) is 4.12. The van der Waals surface area contributed by atoms with Gasteiger partial charge in [0.25, 0.3) is 5.56 Å². The number of hydrogen-bond acceptors (Lipinski definition) is 5. The summed E-state index contributed by atoms with van der Waals surface area (Å²) in [6.45, 7) is 5.83. The number of rotatable bonds is 6. The fraction of sp³-hybridized carbons (Fsp3) is 0.345. The summed E-state index contributed by atoms with van der Waals surface area (Å²) in [7, 11) is 1.70. The van der Waals surface area contributed by atoms with Crippen molar-refractivity contribution in [3.63, 3.8) is 0 Å². The van der Waals surface area contributed by atoms with Crippen molar-refractivity contribution in [1.29, 1.82) is 0 Å². The molecule has 2 aromatic heterocycles. The molecular weight excluding hydrogens is 511 g/mol. The van der Waals surface area contributed by atoms with Crippen LogP contribution in [0.2, 0.25) is 0 Å². The summed E-state index contributed by atoms with van der Waals surface area (Å²) in [4.78, 5) is 30.4. The van der Waals surface area contributed by atoms with Gasteiger partial charge in [0.2, 0.25) is 0 Å². The molecule has 1 aromatic carbocycles. The molecule has 0 fully saturated rings. The molecule has 10 heteroatoms. The zero-order chi connectivity index (χ0) is 28.4. The maximum Gasteiger partial charge on any atom is 0.417 e. The van der Waals surface area contributed by atoms with Gasteiger partial charge in [-0.15, -0.1) is 0 Å². The first-order valence-corrected chi connectivity index (χ1v) is 12.4. The second-order valence-electron chi connectivity index (χ2n) is 10.4. The number of amides is 1. The Morgan fingerprint density at radius 2 is 1.85 bits per heavy atom. The monoisotopic (exact) mass is 541 g/mol. The van der Waals surface area contributed by atoms with Gasteiger partial charge in [-0.2, -0.15) is 13.2 Å². The van der Waals surface area contributed by atoms with Gasteiger partial charge >= 0.3 is 12.3 Å². The number of aryl methyl sites for hydroxylation is 1. The molecule has 0 bridgehead atoms. The fourth-order valence-electron chi connectivity index (χ4n) is 4.12. The smallest absolute Gasteiger partial charge is 0.417 e. The van der Waals surface area contributed by atoms with E-state index in [-0.39, 0.29) is 18.3 Å². The van der Waals surface area contributed by atoms with Crippen LogP contribution >= 0.6 is 0 Å². The lowest BCUT2D eigenvalue weighted by atomic mass is 9.93. The number of carbonyl (C=O) groups is 1. The summed E-state index contributed by atoms with van der Waals surface area (Å²) >= 11 is 0. The number of pyridine rings is 2. The minimum Gasteiger partial charge on any atom is -0.487 e. The molecule has 39 heavy (non-hydrogen) atoms. The number of carbonyl (C=O) groups excluding carboxylic acids is 1. The molecule has 0 radical (unpaired) electrons. The normalized spacial score (nSPS) is 13.4. The zero-order valence-electron chi connectivity index (χ0n) is 22.2. The first kappa shape index (κ1) is 27.9. The molecule has 0 N–H and O–H groups in total. The van der Waals surface area contributed by atoms with Crippen LogP contribution in [-0.4, -0.2) is 33.2 Å². The highest BCUT2D eigenvalue weighted by atomic mass is 19.4. The van der Waals surface area contributed by atoms with Gasteiger partial charge < -0.3 is 14.4 Å². The van der Waals surface area contributed by atoms with Crippen LogP contribution in [0.3, 0.4) is 0 Å². The van der Waals surface area contributed by atoms with E-state index in [4.69, 9.17) is 9.47 Å². The van der Waals surface area contributed by atoms with Crippen LogP contribution in [0.25, 0.3) is 11.8 Å². The van der Waals surface area contributed by atoms with Gasteiger partial charge in [-0.1, -0.05) is 18.2 Å². The lowest BCUT2D eigenvalue weighted by Crippen LogP contribution is -2.33. The minimum atomic E-state index is -4.45. The highest BCUT2D eigenvalue weighted by Crippen LogP contribution is 2.29. The van der Waals surface area contributed by atoms with E-state index in [0.717, 1.165) is 41.1 Å². The van der Waals surface area contributed by atoms with E-state index < -0.39 is 17.3 Å². The summed E-state index contributed by atoms with van der Waals surface area (Å²) in [5.41, 5.74) is 2.59. The Bertz CT molecular complexity index is 1440. The van der Waals surface area contributed by atoms with E-state index in [1.54, 1.807) is 23.9 Å². The van der Waals surface area contributed by atoms with E-state index in [2.05, 4.69) is 11.1 Å². The predicted molar refractivity (Wildman–Crippen MR) is 141 cm³/mol. The Morgan fingerprint density at radius 3 is 2.49 bits per heavy atom. The Labute approximate surface area is 224 Å². The van der Waals surface area contributed by atoms with Crippen LogP contribution in [0.5, 0.6) is 5.75 Å². The standard InChI is InChI=1S/C29H30F3N3O4/c1-28(2,3)39-27(37)34(4)17-19-5-6-21-14-24(10-7-20(21)13-19)35-12-11-25(15-26(35)36)38-18-23-9-8-22(16-33-23)29(30,31)32/h5-6,8-9,11-16H,7,10,17-18H2,1-4H3. The van der Waals surface area contributed by atoms with Crippen molar-refractivity contribution in [2.75, 3.05) is 7.05 Å². The first-order valence-electron chi connectivity index (χ1n) is 12.4. The van der Waals surface area contributed by atoms with Gasteiger partial charge in [0, 0.05) is 37.7 Å². The van der Waals surface area contributed by atoms with Gasteiger partial charge in [-0.25, -0.2) is 4.79 Å². The highest BCUT2D eigenvalue weighted by Gasteiger charge is 2.30. The molecule has 2 heterocycles. The maximum atomic E-state index is 12.8. The number of nitrogens with zero attached hydrogens (tertiary/aromatic N) is 3. The Balaban J connectivity index is 1.41. The maximum absolute atomic E-state index is 12.8. The number of halogens is 3. The third-order valence-corrected chi connectivity index (χ3v) is 6.04. The average molecular weight is 542 g/mol. The van der Waals surface area contributed by atoms with Crippen LogP contribution in [0.15, 0.2) is 59.7 Å². The second kappa shape index (κ2) is 11.0. The Morgan fingerprint density at radius 1 is 1.08 bits per heavy atom. The van der Waals surface area contributed by atoms with Crippen molar-refractivity contribution in [2.24, 2.45) is 0 Å². The summed E-state index contributed by atoms with van der Waals surface area (Å²) in [6.07, 6.45) is 0.888. The molecule has 1 aliphatic carbocycles. The third kappa shape index (κ3) is 7.28. The topological polar surface area (TPSA) is 73.7 Å². The average Bonchev–Trinajstić information content (AvgIpc) is 2.86. The highest BCUT2D eigenvalue weighted by molar-refractivity contribution is 5.75. The van der Waals surface area contributed by atoms with Crippen molar-refractivity contribution in [3.05, 3.63) is 93.2 Å². The quantitative estimate of drug-likeness (QED) is 0.374. The second-order valence-corrected chi connectivity index (χ2v) is 10.4. The zero-order valence-corrected chi connectivity index (χ0v) is 22.2. The van der Waals surface area contributed by atoms with Gasteiger partial charge in [0.05, 0.1) is 11.3 Å². The SMILES string of the molecule is CN(Cc1ccc2c(c1)CCC(n1ccc(OCc3ccc(C(F)(F)F)cn3)cc1=O)=C2)C(=O)OC(C)(C)C. The van der Waals surface area contributed by atoms with E-state index in [1.807, 2.05) is 39.0 Å². The van der Waals surface area contributed by atoms with Crippen LogP contribution in [-0.2, 0) is 30.5 Å². The number of benzene rings is 1. The molecule has 0 aliphatic heterocycles. The molecule has 1 aliphatic rings. The largest absolute Gasteiger partial charge is 0.487 e. The predicted octanol–water partition coefficient (Wildman–Crippen LogP) is 6.15. The van der Waals surface area contributed by atoms with E-state index in [1.165, 1.54) is 17.0 Å². The van der Waals surface area contributed by atoms with Gasteiger partial charge in [-0.05, 0) is 74.6 Å². The molecule has 1 amide bonds. The van der Waals surface area contributed by atoms with Crippen molar-refractivity contribution in [3.8, 4) is 5.75 Å². The molecule has 0 saturated heterocycles. The summed E-state index contributed by atoms with van der Waals surface area (Å²) in [5.74, 6) is 0.300. The Kier molecular flexibility index (Phi) is 7.85. The lowest BCUT2D eigenvalue weighted by molar-refractivity contribution is -0.137. The van der Waals surface area contributed by atoms with E-state index in [0.29, 0.717) is 24.4 Å². The van der Waals surface area contributed by atoms with Crippen molar-refractivity contribution in [2.45, 2.75) is 58.5 Å². The molecule has 3 aromatic rings. The number of ether oxygens (including phenoxy) is 2. The van der Waals surface area contributed by atoms with Crippen LogP contribution in [0, 0.1) is 0 Å². The van der Waals surface area contributed by atoms with E-state index >= 15 is 0 Å². The summed E-state index contributed by atoms with van der Waals surface area (Å²) < 4.78 is 50.6. The number of fused-ring (bicyclic) bond motifs is 1. The van der Waals surface area contributed by atoms with Crippen molar-refractivity contribution in [1.82, 2.24) is 14.5 Å². The van der Waals surface area contributed by atoms with Crippen molar-refractivity contribution < 1.29 is 27.4 Å². The van der Waals surface area contributed by atoms with Crippen LogP contribution in [0.1, 0.15) is 55.1 Å². The number of aromatic nitrogens is 2. The van der Waals surface area contributed by atoms with Gasteiger partial charge in [-0.3, -0.25) is 14.3 Å². The number of alkyl halides is 3. The molecule has 0 atom stereocenters. The number of hydrogen-bond donors (Lipinski definition) is 0.